The number of hydrogen-bond acceptors (Lipinski definition) is 3. The highest BCUT2D eigenvalue weighted by Gasteiger charge is 2.08. The molecule has 0 radical (unpaired) electrons. The number of benzene rings is 1. The van der Waals surface area contributed by atoms with Crippen LogP contribution in [0.5, 0.6) is 0 Å². The first-order valence-corrected chi connectivity index (χ1v) is 5.47. The standard InChI is InChI=1S/C10H11NO3S/c11-10(12)9(15(13)14)7-6-8-4-2-1-3-5-8/h1-5H,6-7H2,(H2,11,12). The number of carbonyl (C=O) groups excluding carboxylic acids is 1. The summed E-state index contributed by atoms with van der Waals surface area (Å²) in [7, 11) is -2.51. The van der Waals surface area contributed by atoms with Gasteiger partial charge in [0.1, 0.15) is 4.86 Å². The second-order valence-electron chi connectivity index (χ2n) is 3.01. The van der Waals surface area contributed by atoms with Gasteiger partial charge in [0.2, 0.25) is 10.3 Å². The number of rotatable bonds is 4. The molecule has 0 heterocycles. The molecule has 0 bridgehead atoms. The first-order valence-electron chi connectivity index (χ1n) is 4.40. The highest BCUT2D eigenvalue weighted by Crippen LogP contribution is 2.02. The van der Waals surface area contributed by atoms with E-state index in [-0.39, 0.29) is 11.3 Å². The van der Waals surface area contributed by atoms with E-state index in [2.05, 4.69) is 0 Å². The van der Waals surface area contributed by atoms with Crippen LogP contribution in [0.25, 0.3) is 0 Å². The van der Waals surface area contributed by atoms with Gasteiger partial charge in [-0.25, -0.2) is 0 Å². The van der Waals surface area contributed by atoms with Gasteiger partial charge in [-0.3, -0.25) is 4.79 Å². The fourth-order valence-corrected chi connectivity index (χ4v) is 1.62. The molecular weight excluding hydrogens is 214 g/mol. The molecular formula is C10H11NO3S. The minimum Gasteiger partial charge on any atom is -0.365 e. The largest absolute Gasteiger partial charge is 0.365 e. The maximum atomic E-state index is 10.8. The smallest absolute Gasteiger partial charge is 0.260 e. The van der Waals surface area contributed by atoms with Gasteiger partial charge in [-0.15, -0.1) is 0 Å². The number of carbonyl (C=O) groups is 1. The number of primary amides is 1. The molecule has 2 N–H and O–H groups in total. The molecule has 0 unspecified atom stereocenters. The van der Waals surface area contributed by atoms with Crippen molar-refractivity contribution in [2.24, 2.45) is 5.73 Å². The van der Waals surface area contributed by atoms with E-state index in [0.29, 0.717) is 6.42 Å². The van der Waals surface area contributed by atoms with Crippen molar-refractivity contribution >= 4 is 21.1 Å². The first-order chi connectivity index (χ1) is 7.11. The van der Waals surface area contributed by atoms with Crippen LogP contribution in [0, 0.1) is 0 Å². The Morgan fingerprint density at radius 2 is 1.80 bits per heavy atom. The van der Waals surface area contributed by atoms with Crippen molar-refractivity contribution in [3.8, 4) is 0 Å². The average molecular weight is 225 g/mol. The summed E-state index contributed by atoms with van der Waals surface area (Å²) in [6.45, 7) is 0. The Morgan fingerprint density at radius 1 is 1.20 bits per heavy atom. The van der Waals surface area contributed by atoms with Crippen LogP contribution in [0.3, 0.4) is 0 Å². The highest BCUT2D eigenvalue weighted by atomic mass is 32.2. The molecule has 80 valence electrons. The lowest BCUT2D eigenvalue weighted by molar-refractivity contribution is -0.111. The van der Waals surface area contributed by atoms with Crippen LogP contribution in [-0.2, 0) is 21.5 Å². The molecule has 0 aliphatic heterocycles. The summed E-state index contributed by atoms with van der Waals surface area (Å²) in [5.74, 6) is -0.876. The van der Waals surface area contributed by atoms with Crippen molar-refractivity contribution in [1.82, 2.24) is 0 Å². The van der Waals surface area contributed by atoms with Crippen LogP contribution < -0.4 is 5.73 Å². The molecule has 5 heteroatoms. The van der Waals surface area contributed by atoms with E-state index >= 15 is 0 Å². The van der Waals surface area contributed by atoms with Gasteiger partial charge in [0.15, 0.2) is 0 Å². The van der Waals surface area contributed by atoms with Gasteiger partial charge in [0, 0.05) is 0 Å². The lowest BCUT2D eigenvalue weighted by Gasteiger charge is -1.99. The van der Waals surface area contributed by atoms with E-state index in [1.165, 1.54) is 0 Å². The van der Waals surface area contributed by atoms with Crippen molar-refractivity contribution in [2.45, 2.75) is 12.8 Å². The van der Waals surface area contributed by atoms with Gasteiger partial charge in [-0.1, -0.05) is 30.3 Å². The molecule has 4 nitrogen and oxygen atoms in total. The molecule has 0 aromatic heterocycles. The molecule has 0 saturated carbocycles. The zero-order valence-electron chi connectivity index (χ0n) is 8.01. The Hall–Kier alpha value is -1.62. The van der Waals surface area contributed by atoms with Crippen molar-refractivity contribution < 1.29 is 13.2 Å². The molecule has 0 saturated heterocycles. The Morgan fingerprint density at radius 3 is 2.27 bits per heavy atom. The molecule has 15 heavy (non-hydrogen) atoms. The van der Waals surface area contributed by atoms with E-state index in [1.54, 1.807) is 0 Å². The Bertz CT molecular complexity index is 469. The molecule has 1 aromatic rings. The van der Waals surface area contributed by atoms with Crippen molar-refractivity contribution in [2.75, 3.05) is 0 Å². The van der Waals surface area contributed by atoms with E-state index in [4.69, 9.17) is 5.73 Å². The second kappa shape index (κ2) is 5.31. The normalized spacial score (nSPS) is 9.60. The van der Waals surface area contributed by atoms with Crippen molar-refractivity contribution in [3.63, 3.8) is 0 Å². The van der Waals surface area contributed by atoms with E-state index in [9.17, 15) is 13.2 Å². The third kappa shape index (κ3) is 3.55. The van der Waals surface area contributed by atoms with E-state index in [1.807, 2.05) is 30.3 Å². The molecule has 0 aliphatic rings. The quantitative estimate of drug-likeness (QED) is 0.741. The monoisotopic (exact) mass is 225 g/mol. The fourth-order valence-electron chi connectivity index (χ4n) is 1.19. The predicted octanol–water partition coefficient (Wildman–Crippen LogP) is 0.156. The molecule has 1 aromatic carbocycles. The average Bonchev–Trinajstić information content (AvgIpc) is 2.18. The van der Waals surface area contributed by atoms with Crippen LogP contribution >= 0.6 is 0 Å². The number of hydrogen-bond donors (Lipinski definition) is 1. The van der Waals surface area contributed by atoms with Crippen LogP contribution in [-0.4, -0.2) is 19.2 Å². The fraction of sp³-hybridized carbons (Fsp3) is 0.200. The van der Waals surface area contributed by atoms with Gasteiger partial charge in [0.05, 0.1) is 0 Å². The third-order valence-electron chi connectivity index (χ3n) is 1.96. The summed E-state index contributed by atoms with van der Waals surface area (Å²) >= 11 is 0. The maximum absolute atomic E-state index is 10.8. The zero-order valence-corrected chi connectivity index (χ0v) is 8.83. The van der Waals surface area contributed by atoms with E-state index < -0.39 is 16.2 Å². The highest BCUT2D eigenvalue weighted by molar-refractivity contribution is 7.74. The van der Waals surface area contributed by atoms with Gasteiger partial charge in [0.25, 0.3) is 5.91 Å². The maximum Gasteiger partial charge on any atom is 0.260 e. The van der Waals surface area contributed by atoms with E-state index in [0.717, 1.165) is 5.56 Å². The lowest BCUT2D eigenvalue weighted by atomic mass is 10.1. The SMILES string of the molecule is NC(=O)C(CCc1ccccc1)=S(=O)=O. The second-order valence-corrected chi connectivity index (χ2v) is 3.97. The zero-order chi connectivity index (χ0) is 11.3. The van der Waals surface area contributed by atoms with Gasteiger partial charge in [-0.05, 0) is 18.4 Å². The third-order valence-corrected chi connectivity index (χ3v) is 2.77. The summed E-state index contributed by atoms with van der Waals surface area (Å²) in [6, 6.07) is 9.31. The van der Waals surface area contributed by atoms with Crippen LogP contribution in [0.15, 0.2) is 30.3 Å². The first kappa shape index (κ1) is 11.5. The number of aryl methyl sites for hydroxylation is 1. The minimum absolute atomic E-state index is 0.148. The Balaban J connectivity index is 2.73. The van der Waals surface area contributed by atoms with Crippen LogP contribution in [0.4, 0.5) is 0 Å². The van der Waals surface area contributed by atoms with Gasteiger partial charge < -0.3 is 5.73 Å². The Labute approximate surface area is 89.3 Å². The van der Waals surface area contributed by atoms with Crippen LogP contribution in [0.2, 0.25) is 0 Å². The minimum atomic E-state index is -2.51. The Kier molecular flexibility index (Phi) is 4.05. The topological polar surface area (TPSA) is 77.2 Å². The summed E-state index contributed by atoms with van der Waals surface area (Å²) in [5.41, 5.74) is 5.91. The molecule has 1 amide bonds. The van der Waals surface area contributed by atoms with Crippen LogP contribution in [0.1, 0.15) is 12.0 Å². The number of amides is 1. The molecule has 0 fully saturated rings. The number of nitrogens with two attached hydrogens (primary N) is 1. The molecule has 0 atom stereocenters. The van der Waals surface area contributed by atoms with Gasteiger partial charge in [-0.2, -0.15) is 8.42 Å². The lowest BCUT2D eigenvalue weighted by Crippen LogP contribution is -2.24. The molecule has 0 aliphatic carbocycles. The van der Waals surface area contributed by atoms with Crippen molar-refractivity contribution in [1.29, 1.82) is 0 Å². The molecule has 1 rings (SSSR count). The van der Waals surface area contributed by atoms with Gasteiger partial charge >= 0.3 is 0 Å². The van der Waals surface area contributed by atoms with Crippen molar-refractivity contribution in [3.05, 3.63) is 35.9 Å². The summed E-state index contributed by atoms with van der Waals surface area (Å²) in [6.07, 6.45) is 0.641. The summed E-state index contributed by atoms with van der Waals surface area (Å²) in [5, 5.41) is 0. The predicted molar refractivity (Wildman–Crippen MR) is 57.9 cm³/mol. The summed E-state index contributed by atoms with van der Waals surface area (Å²) in [4.78, 5) is 10.5. The molecule has 0 spiro atoms. The summed E-state index contributed by atoms with van der Waals surface area (Å²) < 4.78 is 21.2.